The quantitative estimate of drug-likeness (QED) is 0.753. The highest BCUT2D eigenvalue weighted by atomic mass is 16.4. The van der Waals surface area contributed by atoms with Gasteiger partial charge in [-0.05, 0) is 23.3 Å². The lowest BCUT2D eigenvalue weighted by Crippen LogP contribution is -2.43. The lowest BCUT2D eigenvalue weighted by atomic mass is 9.95. The molecule has 2 N–H and O–H groups in total. The summed E-state index contributed by atoms with van der Waals surface area (Å²) >= 11 is 0. The molecule has 0 aliphatic heterocycles. The van der Waals surface area contributed by atoms with Crippen LogP contribution in [0, 0.1) is 5.41 Å². The molecule has 0 aromatic heterocycles. The molecule has 0 bridgehead atoms. The number of carboxylic acids is 1. The molecule has 0 fully saturated rings. The zero-order valence-electron chi connectivity index (χ0n) is 17.3. The monoisotopic (exact) mass is 396 g/mol. The van der Waals surface area contributed by atoms with E-state index in [9.17, 15) is 19.5 Å². The fraction of sp³-hybridized carbons (Fsp3) is 0.348. The minimum absolute atomic E-state index is 0.0531. The molecule has 154 valence electrons. The van der Waals surface area contributed by atoms with Crippen LogP contribution < -0.4 is 5.32 Å². The van der Waals surface area contributed by atoms with Gasteiger partial charge in [-0.15, -0.1) is 0 Å². The largest absolute Gasteiger partial charge is 0.480 e. The summed E-state index contributed by atoms with van der Waals surface area (Å²) in [4.78, 5) is 37.7. The van der Waals surface area contributed by atoms with E-state index in [2.05, 4.69) is 5.32 Å². The number of carbonyl (C=O) groups is 3. The molecule has 0 radical (unpaired) electrons. The van der Waals surface area contributed by atoms with Crippen LogP contribution in [-0.2, 0) is 22.6 Å². The van der Waals surface area contributed by atoms with Crippen molar-refractivity contribution in [1.29, 1.82) is 0 Å². The highest BCUT2D eigenvalue weighted by Crippen LogP contribution is 2.15. The molecule has 0 aliphatic carbocycles. The van der Waals surface area contributed by atoms with Crippen LogP contribution in [-0.4, -0.2) is 40.9 Å². The molecular weight excluding hydrogens is 368 g/mol. The zero-order chi connectivity index (χ0) is 21.6. The van der Waals surface area contributed by atoms with Gasteiger partial charge < -0.3 is 15.3 Å². The number of rotatable bonds is 7. The third-order valence-electron chi connectivity index (χ3n) is 4.68. The van der Waals surface area contributed by atoms with Crippen LogP contribution >= 0.6 is 0 Å². The summed E-state index contributed by atoms with van der Waals surface area (Å²) in [6.07, 6.45) is 0.231. The second kappa shape index (κ2) is 9.37. The first-order valence-electron chi connectivity index (χ1n) is 9.50. The summed E-state index contributed by atoms with van der Waals surface area (Å²) in [5, 5.41) is 12.5. The lowest BCUT2D eigenvalue weighted by molar-refractivity contribution is -0.141. The van der Waals surface area contributed by atoms with E-state index in [1.165, 1.54) is 11.9 Å². The van der Waals surface area contributed by atoms with E-state index in [0.29, 0.717) is 12.1 Å². The van der Waals surface area contributed by atoms with Gasteiger partial charge >= 0.3 is 5.97 Å². The molecular formula is C23H28N2O4. The number of likely N-dealkylation sites (N-methyl/N-ethyl adjacent to an activating group) is 1. The van der Waals surface area contributed by atoms with Crippen LogP contribution in [0.15, 0.2) is 54.6 Å². The lowest BCUT2D eigenvalue weighted by Gasteiger charge is -2.25. The summed E-state index contributed by atoms with van der Waals surface area (Å²) in [6.45, 7) is 5.89. The number of nitrogens with one attached hydrogen (secondary N) is 1. The van der Waals surface area contributed by atoms with Gasteiger partial charge in [-0.25, -0.2) is 4.79 Å². The standard InChI is InChI=1S/C23H28N2O4/c1-23(2,3)22(29)24-15-17-10-12-18(13-11-17)20(26)25(4)19(21(27)28)14-16-8-6-5-7-9-16/h5-13,19H,14-15H2,1-4H3,(H,24,29)(H,27,28). The van der Waals surface area contributed by atoms with Gasteiger partial charge in [-0.3, -0.25) is 9.59 Å². The van der Waals surface area contributed by atoms with Crippen molar-refractivity contribution in [2.45, 2.75) is 39.8 Å². The Kier molecular flexibility index (Phi) is 7.15. The Morgan fingerprint density at radius 2 is 1.55 bits per heavy atom. The maximum Gasteiger partial charge on any atom is 0.326 e. The summed E-state index contributed by atoms with van der Waals surface area (Å²) in [5.41, 5.74) is 1.64. The molecule has 2 amide bonds. The van der Waals surface area contributed by atoms with Gasteiger partial charge in [-0.1, -0.05) is 63.2 Å². The Balaban J connectivity index is 2.05. The minimum Gasteiger partial charge on any atom is -0.480 e. The molecule has 6 heteroatoms. The predicted molar refractivity (Wildman–Crippen MR) is 111 cm³/mol. The molecule has 0 heterocycles. The zero-order valence-corrected chi connectivity index (χ0v) is 17.3. The van der Waals surface area contributed by atoms with Gasteiger partial charge in [-0.2, -0.15) is 0 Å². The molecule has 0 saturated carbocycles. The third kappa shape index (κ3) is 6.17. The average molecular weight is 396 g/mol. The Hall–Kier alpha value is -3.15. The van der Waals surface area contributed by atoms with Crippen LogP contribution in [0.5, 0.6) is 0 Å². The highest BCUT2D eigenvalue weighted by molar-refractivity contribution is 5.96. The van der Waals surface area contributed by atoms with E-state index in [4.69, 9.17) is 0 Å². The number of carbonyl (C=O) groups excluding carboxylic acids is 2. The molecule has 0 saturated heterocycles. The number of nitrogens with zero attached hydrogens (tertiary/aromatic N) is 1. The van der Waals surface area contributed by atoms with Crippen molar-refractivity contribution in [3.8, 4) is 0 Å². The number of hydrogen-bond donors (Lipinski definition) is 2. The first-order chi connectivity index (χ1) is 13.6. The van der Waals surface area contributed by atoms with Crippen molar-refractivity contribution in [3.63, 3.8) is 0 Å². The van der Waals surface area contributed by atoms with Gasteiger partial charge in [0.25, 0.3) is 5.91 Å². The van der Waals surface area contributed by atoms with E-state index in [-0.39, 0.29) is 18.2 Å². The Bertz CT molecular complexity index is 855. The number of amides is 2. The van der Waals surface area contributed by atoms with Crippen LogP contribution in [0.1, 0.15) is 42.3 Å². The fourth-order valence-corrected chi connectivity index (χ4v) is 2.79. The molecule has 2 aromatic carbocycles. The van der Waals surface area contributed by atoms with Crippen molar-refractivity contribution in [1.82, 2.24) is 10.2 Å². The molecule has 29 heavy (non-hydrogen) atoms. The number of benzene rings is 2. The summed E-state index contributed by atoms with van der Waals surface area (Å²) in [5.74, 6) is -1.47. The molecule has 1 unspecified atom stereocenters. The van der Waals surface area contributed by atoms with Gasteiger partial charge in [0, 0.05) is 31.0 Å². The van der Waals surface area contributed by atoms with E-state index in [1.54, 1.807) is 24.3 Å². The maximum atomic E-state index is 12.8. The summed E-state index contributed by atoms with van der Waals surface area (Å²) in [6, 6.07) is 15.1. The molecule has 0 aliphatic rings. The average Bonchev–Trinajstić information content (AvgIpc) is 2.69. The molecule has 2 aromatic rings. The van der Waals surface area contributed by atoms with E-state index in [1.807, 2.05) is 51.1 Å². The molecule has 0 spiro atoms. The minimum atomic E-state index is -1.05. The van der Waals surface area contributed by atoms with Crippen molar-refractivity contribution in [3.05, 3.63) is 71.3 Å². The normalized spacial score (nSPS) is 12.1. The summed E-state index contributed by atoms with van der Waals surface area (Å²) in [7, 11) is 1.50. The van der Waals surface area contributed by atoms with Crippen LogP contribution in [0.4, 0.5) is 0 Å². The number of hydrogen-bond acceptors (Lipinski definition) is 3. The van der Waals surface area contributed by atoms with Crippen molar-refractivity contribution in [2.24, 2.45) is 5.41 Å². The summed E-state index contributed by atoms with van der Waals surface area (Å²) < 4.78 is 0. The van der Waals surface area contributed by atoms with E-state index >= 15 is 0 Å². The SMILES string of the molecule is CN(C(=O)c1ccc(CNC(=O)C(C)(C)C)cc1)C(Cc1ccccc1)C(=O)O. The van der Waals surface area contributed by atoms with Crippen LogP contribution in [0.3, 0.4) is 0 Å². The van der Waals surface area contributed by atoms with Crippen LogP contribution in [0.2, 0.25) is 0 Å². The molecule has 6 nitrogen and oxygen atoms in total. The van der Waals surface area contributed by atoms with Crippen molar-refractivity contribution < 1.29 is 19.5 Å². The molecule has 2 rings (SSSR count). The Morgan fingerprint density at radius 1 is 0.966 bits per heavy atom. The van der Waals surface area contributed by atoms with Crippen molar-refractivity contribution in [2.75, 3.05) is 7.05 Å². The number of carboxylic acid groups (broad SMARTS) is 1. The van der Waals surface area contributed by atoms with Gasteiger partial charge in [0.05, 0.1) is 0 Å². The Morgan fingerprint density at radius 3 is 2.07 bits per heavy atom. The van der Waals surface area contributed by atoms with Gasteiger partial charge in [0.1, 0.15) is 6.04 Å². The Labute approximate surface area is 171 Å². The highest BCUT2D eigenvalue weighted by Gasteiger charge is 2.27. The number of aliphatic carboxylic acids is 1. The predicted octanol–water partition coefficient (Wildman–Crippen LogP) is 3.12. The molecule has 1 atom stereocenters. The topological polar surface area (TPSA) is 86.7 Å². The van der Waals surface area contributed by atoms with E-state index < -0.39 is 17.4 Å². The van der Waals surface area contributed by atoms with E-state index in [0.717, 1.165) is 11.1 Å². The fourth-order valence-electron chi connectivity index (χ4n) is 2.79. The second-order valence-corrected chi connectivity index (χ2v) is 8.09. The smallest absolute Gasteiger partial charge is 0.326 e. The third-order valence-corrected chi connectivity index (χ3v) is 4.68. The van der Waals surface area contributed by atoms with Crippen molar-refractivity contribution >= 4 is 17.8 Å². The second-order valence-electron chi connectivity index (χ2n) is 8.09. The first kappa shape index (κ1) is 22.1. The maximum absolute atomic E-state index is 12.8. The first-order valence-corrected chi connectivity index (χ1v) is 9.50. The van der Waals surface area contributed by atoms with Crippen LogP contribution in [0.25, 0.3) is 0 Å². The van der Waals surface area contributed by atoms with Gasteiger partial charge in [0.15, 0.2) is 0 Å². The van der Waals surface area contributed by atoms with Gasteiger partial charge in [0.2, 0.25) is 5.91 Å².